The molecule has 0 radical (unpaired) electrons. The lowest BCUT2D eigenvalue weighted by molar-refractivity contribution is -0.167. The average Bonchev–Trinajstić information content (AvgIpc) is 3.28. The highest BCUT2D eigenvalue weighted by Gasteiger charge is 2.19. The van der Waals surface area contributed by atoms with Crippen molar-refractivity contribution in [2.75, 3.05) is 13.2 Å². The fourth-order valence-electron chi connectivity index (χ4n) is 8.50. The molecular formula is C57H108O6. The first-order chi connectivity index (χ1) is 31.0. The third-order valence-corrected chi connectivity index (χ3v) is 12.8. The second-order valence-electron chi connectivity index (χ2n) is 19.2. The number of carbonyl (C=O) groups excluding carboxylic acids is 3. The van der Waals surface area contributed by atoms with E-state index in [0.29, 0.717) is 19.3 Å². The number of hydrogen-bond donors (Lipinski definition) is 0. The molecule has 63 heavy (non-hydrogen) atoms. The molecule has 0 unspecified atom stereocenters. The van der Waals surface area contributed by atoms with Crippen LogP contribution < -0.4 is 0 Å². The minimum Gasteiger partial charge on any atom is -0.462 e. The Bertz CT molecular complexity index is 978. The zero-order chi connectivity index (χ0) is 45.8. The van der Waals surface area contributed by atoms with Crippen LogP contribution in [0.1, 0.15) is 316 Å². The molecular weight excluding hydrogens is 781 g/mol. The van der Waals surface area contributed by atoms with Crippen LogP contribution >= 0.6 is 0 Å². The summed E-state index contributed by atoms with van der Waals surface area (Å²) >= 11 is 0. The molecule has 0 aliphatic carbocycles. The molecule has 0 aliphatic rings. The van der Waals surface area contributed by atoms with Gasteiger partial charge in [0.15, 0.2) is 6.10 Å². The van der Waals surface area contributed by atoms with Crippen LogP contribution in [-0.4, -0.2) is 37.2 Å². The second kappa shape index (κ2) is 52.8. The molecule has 0 rings (SSSR count). The number of unbranched alkanes of at least 4 members (excludes halogenated alkanes) is 39. The maximum atomic E-state index is 12.8. The Morgan fingerprint density at radius 2 is 0.524 bits per heavy atom. The molecule has 0 aromatic rings. The number of hydrogen-bond acceptors (Lipinski definition) is 6. The van der Waals surface area contributed by atoms with Gasteiger partial charge in [-0.3, -0.25) is 14.4 Å². The molecule has 0 amide bonds. The summed E-state index contributed by atoms with van der Waals surface area (Å²) in [5, 5.41) is 0. The molecule has 0 aliphatic heterocycles. The number of allylic oxidation sites excluding steroid dienone is 2. The highest BCUT2D eigenvalue weighted by atomic mass is 16.6. The maximum Gasteiger partial charge on any atom is 0.306 e. The number of ether oxygens (including phenoxy) is 3. The molecule has 0 saturated heterocycles. The van der Waals surface area contributed by atoms with Gasteiger partial charge >= 0.3 is 17.9 Å². The summed E-state index contributed by atoms with van der Waals surface area (Å²) < 4.78 is 16.9. The van der Waals surface area contributed by atoms with Gasteiger partial charge in [-0.25, -0.2) is 0 Å². The number of carbonyl (C=O) groups is 3. The van der Waals surface area contributed by atoms with Crippen molar-refractivity contribution in [1.29, 1.82) is 0 Å². The molecule has 6 heteroatoms. The van der Waals surface area contributed by atoms with Gasteiger partial charge in [0.05, 0.1) is 0 Å². The third-order valence-electron chi connectivity index (χ3n) is 12.8. The van der Waals surface area contributed by atoms with Crippen LogP contribution in [0.25, 0.3) is 0 Å². The highest BCUT2D eigenvalue weighted by Crippen LogP contribution is 2.17. The average molecular weight is 889 g/mol. The molecule has 0 heterocycles. The largest absolute Gasteiger partial charge is 0.462 e. The van der Waals surface area contributed by atoms with E-state index in [9.17, 15) is 14.4 Å². The SMILES string of the molecule is CCCCCCC/C=C\CCCCCCCC(=O)O[C@H](COC(=O)CCCCCCCCCCCCCCC)COC(=O)CCCCCCCCCCCCCCCCCCCC. The van der Waals surface area contributed by atoms with Crippen molar-refractivity contribution in [3.8, 4) is 0 Å². The van der Waals surface area contributed by atoms with E-state index in [0.717, 1.165) is 64.2 Å². The van der Waals surface area contributed by atoms with E-state index in [1.807, 2.05) is 0 Å². The van der Waals surface area contributed by atoms with Crippen LogP contribution in [0.5, 0.6) is 0 Å². The summed E-state index contributed by atoms with van der Waals surface area (Å²) in [5.41, 5.74) is 0. The Hall–Kier alpha value is -1.85. The van der Waals surface area contributed by atoms with Crippen LogP contribution in [0.4, 0.5) is 0 Å². The Morgan fingerprint density at radius 3 is 0.794 bits per heavy atom. The van der Waals surface area contributed by atoms with Crippen molar-refractivity contribution in [2.24, 2.45) is 0 Å². The predicted octanol–water partition coefficient (Wildman–Crippen LogP) is 18.5. The van der Waals surface area contributed by atoms with Crippen LogP contribution in [-0.2, 0) is 28.6 Å². The van der Waals surface area contributed by atoms with Crippen molar-refractivity contribution < 1.29 is 28.6 Å². The Balaban J connectivity index is 4.30. The Morgan fingerprint density at radius 1 is 0.302 bits per heavy atom. The van der Waals surface area contributed by atoms with Crippen molar-refractivity contribution in [1.82, 2.24) is 0 Å². The van der Waals surface area contributed by atoms with Crippen LogP contribution in [0.2, 0.25) is 0 Å². The van der Waals surface area contributed by atoms with Crippen molar-refractivity contribution in [3.05, 3.63) is 12.2 Å². The summed E-state index contributed by atoms with van der Waals surface area (Å²) in [6.45, 7) is 6.67. The predicted molar refractivity (Wildman–Crippen MR) is 270 cm³/mol. The lowest BCUT2D eigenvalue weighted by Gasteiger charge is -2.18. The zero-order valence-corrected chi connectivity index (χ0v) is 42.6. The zero-order valence-electron chi connectivity index (χ0n) is 42.6. The molecule has 6 nitrogen and oxygen atoms in total. The first kappa shape index (κ1) is 61.1. The molecule has 0 saturated carbocycles. The van der Waals surface area contributed by atoms with Crippen molar-refractivity contribution in [2.45, 2.75) is 322 Å². The fourth-order valence-corrected chi connectivity index (χ4v) is 8.50. The molecule has 0 spiro atoms. The minimum atomic E-state index is -0.768. The molecule has 372 valence electrons. The van der Waals surface area contributed by atoms with Gasteiger partial charge in [0.25, 0.3) is 0 Å². The van der Waals surface area contributed by atoms with E-state index in [-0.39, 0.29) is 31.1 Å². The fraction of sp³-hybridized carbons (Fsp3) is 0.912. The highest BCUT2D eigenvalue weighted by molar-refractivity contribution is 5.71. The van der Waals surface area contributed by atoms with Gasteiger partial charge in [0.1, 0.15) is 13.2 Å². The van der Waals surface area contributed by atoms with E-state index >= 15 is 0 Å². The first-order valence-electron chi connectivity index (χ1n) is 28.2. The van der Waals surface area contributed by atoms with Gasteiger partial charge < -0.3 is 14.2 Å². The number of esters is 3. The molecule has 0 bridgehead atoms. The van der Waals surface area contributed by atoms with Gasteiger partial charge in [0.2, 0.25) is 0 Å². The normalized spacial score (nSPS) is 12.0. The first-order valence-corrected chi connectivity index (χ1v) is 28.2. The lowest BCUT2D eigenvalue weighted by atomic mass is 10.0. The summed E-state index contributed by atoms with van der Waals surface area (Å²) in [5.74, 6) is -0.854. The summed E-state index contributed by atoms with van der Waals surface area (Å²) in [7, 11) is 0. The Kier molecular flexibility index (Phi) is 51.2. The van der Waals surface area contributed by atoms with Crippen LogP contribution in [0, 0.1) is 0 Å². The van der Waals surface area contributed by atoms with Gasteiger partial charge in [-0.1, -0.05) is 264 Å². The summed E-state index contributed by atoms with van der Waals surface area (Å²) in [6, 6.07) is 0. The monoisotopic (exact) mass is 889 g/mol. The topological polar surface area (TPSA) is 78.9 Å². The van der Waals surface area contributed by atoms with Crippen molar-refractivity contribution in [3.63, 3.8) is 0 Å². The van der Waals surface area contributed by atoms with E-state index < -0.39 is 6.10 Å². The summed E-state index contributed by atoms with van der Waals surface area (Å²) in [6.07, 6.45) is 59.1. The summed E-state index contributed by atoms with van der Waals surface area (Å²) in [4.78, 5) is 38.1. The third kappa shape index (κ3) is 51.0. The van der Waals surface area contributed by atoms with E-state index in [1.165, 1.54) is 212 Å². The molecule has 1 atom stereocenters. The number of rotatable bonds is 52. The Labute approximate surface area is 392 Å². The van der Waals surface area contributed by atoms with E-state index in [1.54, 1.807) is 0 Å². The van der Waals surface area contributed by atoms with Gasteiger partial charge in [-0.15, -0.1) is 0 Å². The van der Waals surface area contributed by atoms with Gasteiger partial charge in [-0.2, -0.15) is 0 Å². The van der Waals surface area contributed by atoms with E-state index in [4.69, 9.17) is 14.2 Å². The molecule has 0 aromatic carbocycles. The quantitative estimate of drug-likeness (QED) is 0.0262. The van der Waals surface area contributed by atoms with Gasteiger partial charge in [0, 0.05) is 19.3 Å². The lowest BCUT2D eigenvalue weighted by Crippen LogP contribution is -2.30. The second-order valence-corrected chi connectivity index (χ2v) is 19.2. The molecule has 0 aromatic heterocycles. The standard InChI is InChI=1S/C57H108O6/c1-4-7-10-13-16-19-22-25-27-28-29-30-33-35-38-41-44-47-50-56(59)62-53-54(52-61-55(58)49-46-43-40-37-34-31-24-21-18-15-12-9-6-3)63-57(60)51-48-45-42-39-36-32-26-23-20-17-14-11-8-5-2/h23,26,54H,4-22,24-25,27-53H2,1-3H3/b26-23-/t54-/m1/s1. The molecule has 0 N–H and O–H groups in total. The van der Waals surface area contributed by atoms with Crippen molar-refractivity contribution >= 4 is 17.9 Å². The molecule has 0 fully saturated rings. The maximum absolute atomic E-state index is 12.8. The minimum absolute atomic E-state index is 0.0676. The smallest absolute Gasteiger partial charge is 0.306 e. The van der Waals surface area contributed by atoms with Crippen LogP contribution in [0.15, 0.2) is 12.2 Å². The van der Waals surface area contributed by atoms with Crippen LogP contribution in [0.3, 0.4) is 0 Å². The van der Waals surface area contributed by atoms with Gasteiger partial charge in [-0.05, 0) is 44.9 Å². The van der Waals surface area contributed by atoms with E-state index in [2.05, 4.69) is 32.9 Å².